The van der Waals surface area contributed by atoms with Crippen LogP contribution >= 0.6 is 0 Å². The Kier molecular flexibility index (Phi) is 3.77. The average Bonchev–Trinajstić information content (AvgIpc) is 2.46. The number of esters is 2. The summed E-state index contributed by atoms with van der Waals surface area (Å²) < 4.78 is 10.1. The van der Waals surface area contributed by atoms with Crippen molar-refractivity contribution in [2.45, 2.75) is 26.2 Å². The summed E-state index contributed by atoms with van der Waals surface area (Å²) in [5, 5.41) is 0. The molecule has 4 heteroatoms. The van der Waals surface area contributed by atoms with Crippen LogP contribution in [0.25, 0.3) is 0 Å². The maximum Gasteiger partial charge on any atom is 0.345 e. The maximum atomic E-state index is 11.7. The van der Waals surface area contributed by atoms with E-state index in [-0.39, 0.29) is 5.95 Å². The zero-order valence-corrected chi connectivity index (χ0v) is 10.1. The smallest absolute Gasteiger partial charge is 0.345 e. The van der Waals surface area contributed by atoms with E-state index in [1.54, 1.807) is 30.3 Å². The van der Waals surface area contributed by atoms with Gasteiger partial charge in [0, 0.05) is 0 Å². The standard InChI is InChI=1S/C14H14O4/c1-2-3-4-5-12-17-13(15)10-6-7-11(9-8-10)14(16)18-12/h5-9H,2-4H2,1H3. The number of allylic oxidation sites excluding steroid dienone is 1. The lowest BCUT2D eigenvalue weighted by Gasteiger charge is -2.06. The Hall–Kier alpha value is -2.10. The van der Waals surface area contributed by atoms with Crippen LogP contribution in [0.3, 0.4) is 0 Å². The van der Waals surface area contributed by atoms with E-state index in [1.807, 2.05) is 0 Å². The minimum absolute atomic E-state index is 0.0270. The zero-order chi connectivity index (χ0) is 13.0. The van der Waals surface area contributed by atoms with Crippen LogP contribution in [0.5, 0.6) is 0 Å². The minimum Gasteiger partial charge on any atom is -0.389 e. The Morgan fingerprint density at radius 3 is 1.94 bits per heavy atom. The van der Waals surface area contributed by atoms with Crippen molar-refractivity contribution in [1.29, 1.82) is 0 Å². The summed E-state index contributed by atoms with van der Waals surface area (Å²) in [5.74, 6) is -1.06. The Balaban J connectivity index is 2.24. The van der Waals surface area contributed by atoms with Crippen LogP contribution in [0.15, 0.2) is 36.3 Å². The molecule has 1 aromatic carbocycles. The highest BCUT2D eigenvalue weighted by Crippen LogP contribution is 2.16. The molecule has 0 spiro atoms. The van der Waals surface area contributed by atoms with E-state index in [1.165, 1.54) is 0 Å². The molecule has 0 saturated carbocycles. The van der Waals surface area contributed by atoms with Gasteiger partial charge in [0.2, 0.25) is 0 Å². The van der Waals surface area contributed by atoms with Crippen molar-refractivity contribution in [2.75, 3.05) is 0 Å². The van der Waals surface area contributed by atoms with Crippen LogP contribution < -0.4 is 0 Å². The van der Waals surface area contributed by atoms with Crippen LogP contribution in [0, 0.1) is 0 Å². The Bertz CT molecular complexity index is 446. The zero-order valence-electron chi connectivity index (χ0n) is 10.1. The molecule has 0 unspecified atom stereocenters. The fraction of sp³-hybridized carbons (Fsp3) is 0.286. The number of benzene rings is 1. The quantitative estimate of drug-likeness (QED) is 0.607. The number of hydrogen-bond donors (Lipinski definition) is 0. The first-order valence-electron chi connectivity index (χ1n) is 5.95. The van der Waals surface area contributed by atoms with Crippen molar-refractivity contribution in [3.05, 3.63) is 47.4 Å². The number of unbranched alkanes of at least 4 members (excludes halogenated alkanes) is 2. The van der Waals surface area contributed by atoms with E-state index >= 15 is 0 Å². The van der Waals surface area contributed by atoms with Crippen LogP contribution in [-0.4, -0.2) is 11.9 Å². The fourth-order valence-corrected chi connectivity index (χ4v) is 1.57. The molecule has 0 saturated heterocycles. The Morgan fingerprint density at radius 1 is 1.00 bits per heavy atom. The largest absolute Gasteiger partial charge is 0.389 e. The first-order valence-corrected chi connectivity index (χ1v) is 5.95. The summed E-state index contributed by atoms with van der Waals surface area (Å²) in [5.41, 5.74) is 0.803. The molecular weight excluding hydrogens is 232 g/mol. The second-order valence-corrected chi connectivity index (χ2v) is 4.02. The second-order valence-electron chi connectivity index (χ2n) is 4.02. The van der Waals surface area contributed by atoms with Crippen LogP contribution in [0.2, 0.25) is 0 Å². The van der Waals surface area contributed by atoms with E-state index in [2.05, 4.69) is 6.92 Å². The van der Waals surface area contributed by atoms with Crippen LogP contribution in [0.1, 0.15) is 46.9 Å². The molecular formula is C14H14O4. The SMILES string of the molecule is CCCCC=C1OC(=O)c2ccc(cc2)C(=O)O1. The monoisotopic (exact) mass is 246 g/mol. The molecule has 2 bridgehead atoms. The third kappa shape index (κ3) is 2.77. The molecule has 0 aromatic heterocycles. The first-order chi connectivity index (χ1) is 8.70. The van der Waals surface area contributed by atoms with E-state index in [0.717, 1.165) is 12.8 Å². The van der Waals surface area contributed by atoms with Gasteiger partial charge in [-0.25, -0.2) is 9.59 Å². The average molecular weight is 246 g/mol. The molecule has 3 rings (SSSR count). The summed E-state index contributed by atoms with van der Waals surface area (Å²) in [6.45, 7) is 2.06. The van der Waals surface area contributed by atoms with Crippen molar-refractivity contribution < 1.29 is 19.1 Å². The molecule has 0 atom stereocenters. The summed E-state index contributed by atoms with van der Waals surface area (Å²) in [6, 6.07) is 6.20. The number of carbonyl (C=O) groups excluding carboxylic acids is 2. The predicted molar refractivity (Wildman–Crippen MR) is 64.9 cm³/mol. The van der Waals surface area contributed by atoms with Gasteiger partial charge in [0.05, 0.1) is 11.1 Å². The molecule has 0 N–H and O–H groups in total. The molecule has 0 amide bonds. The summed E-state index contributed by atoms with van der Waals surface area (Å²) in [7, 11) is 0. The van der Waals surface area contributed by atoms with Gasteiger partial charge < -0.3 is 9.47 Å². The van der Waals surface area contributed by atoms with Gasteiger partial charge in [-0.1, -0.05) is 13.3 Å². The molecule has 4 nitrogen and oxygen atoms in total. The van der Waals surface area contributed by atoms with E-state index in [9.17, 15) is 9.59 Å². The van der Waals surface area contributed by atoms with Gasteiger partial charge in [-0.15, -0.1) is 0 Å². The Labute approximate surface area is 105 Å². The highest BCUT2D eigenvalue weighted by molar-refractivity contribution is 5.95. The molecule has 0 fully saturated rings. The van der Waals surface area contributed by atoms with Gasteiger partial charge in [0.15, 0.2) is 0 Å². The Morgan fingerprint density at radius 2 is 1.50 bits per heavy atom. The molecule has 94 valence electrons. The highest BCUT2D eigenvalue weighted by atomic mass is 16.7. The van der Waals surface area contributed by atoms with Gasteiger partial charge in [0.1, 0.15) is 0 Å². The molecule has 2 aliphatic rings. The number of fused-ring (bicyclic) bond motifs is 6. The summed E-state index contributed by atoms with van der Waals surface area (Å²) in [4.78, 5) is 23.4. The molecule has 18 heavy (non-hydrogen) atoms. The highest BCUT2D eigenvalue weighted by Gasteiger charge is 2.19. The van der Waals surface area contributed by atoms with Gasteiger partial charge in [-0.2, -0.15) is 0 Å². The molecule has 2 heterocycles. The topological polar surface area (TPSA) is 52.6 Å². The van der Waals surface area contributed by atoms with Crippen molar-refractivity contribution in [2.24, 2.45) is 0 Å². The van der Waals surface area contributed by atoms with Crippen molar-refractivity contribution in [3.63, 3.8) is 0 Å². The summed E-state index contributed by atoms with van der Waals surface area (Å²) in [6.07, 6.45) is 4.30. The van der Waals surface area contributed by atoms with E-state index in [0.29, 0.717) is 17.5 Å². The third-order valence-corrected chi connectivity index (χ3v) is 2.61. The lowest BCUT2D eigenvalue weighted by molar-refractivity contribution is 0.0236. The summed E-state index contributed by atoms with van der Waals surface area (Å²) >= 11 is 0. The van der Waals surface area contributed by atoms with E-state index < -0.39 is 11.9 Å². The van der Waals surface area contributed by atoms with Gasteiger partial charge >= 0.3 is 11.9 Å². The lowest BCUT2D eigenvalue weighted by Crippen LogP contribution is -2.08. The third-order valence-electron chi connectivity index (χ3n) is 2.61. The molecule has 0 aliphatic carbocycles. The normalized spacial score (nSPS) is 14.4. The number of carbonyl (C=O) groups is 2. The number of rotatable bonds is 3. The van der Waals surface area contributed by atoms with Gasteiger partial charge in [-0.3, -0.25) is 0 Å². The van der Waals surface area contributed by atoms with Crippen LogP contribution in [0.4, 0.5) is 0 Å². The minimum atomic E-state index is -0.515. The number of ether oxygens (including phenoxy) is 2. The molecule has 0 radical (unpaired) electrons. The predicted octanol–water partition coefficient (Wildman–Crippen LogP) is 3.05. The lowest BCUT2D eigenvalue weighted by atomic mass is 10.1. The fourth-order valence-electron chi connectivity index (χ4n) is 1.57. The molecule has 2 aliphatic heterocycles. The van der Waals surface area contributed by atoms with Gasteiger partial charge in [-0.05, 0) is 43.2 Å². The van der Waals surface area contributed by atoms with E-state index in [4.69, 9.17) is 9.47 Å². The first kappa shape index (κ1) is 12.4. The molecule has 1 aromatic rings. The van der Waals surface area contributed by atoms with Crippen LogP contribution in [-0.2, 0) is 9.47 Å². The maximum absolute atomic E-state index is 11.7. The van der Waals surface area contributed by atoms with Crippen molar-refractivity contribution in [1.82, 2.24) is 0 Å². The number of hydrogen-bond acceptors (Lipinski definition) is 4. The van der Waals surface area contributed by atoms with Gasteiger partial charge in [0.25, 0.3) is 5.95 Å². The van der Waals surface area contributed by atoms with Crippen molar-refractivity contribution in [3.8, 4) is 0 Å². The second kappa shape index (κ2) is 5.49. The van der Waals surface area contributed by atoms with Crippen molar-refractivity contribution >= 4 is 11.9 Å².